The van der Waals surface area contributed by atoms with Crippen LogP contribution in [-0.4, -0.2) is 22.0 Å². The molecule has 0 spiro atoms. The Morgan fingerprint density at radius 2 is 2.10 bits per heavy atom. The zero-order chi connectivity index (χ0) is 14.8. The Bertz CT molecular complexity index is 490. The summed E-state index contributed by atoms with van der Waals surface area (Å²) in [4.78, 5) is 0.273. The van der Waals surface area contributed by atoms with E-state index < -0.39 is 22.5 Å². The van der Waals surface area contributed by atoms with Crippen LogP contribution in [0.2, 0.25) is 0 Å². The Hall–Kier alpha value is -0.880. The van der Waals surface area contributed by atoms with Crippen molar-refractivity contribution in [2.45, 2.75) is 48.5 Å². The molecule has 0 aliphatic heterocycles. The van der Waals surface area contributed by atoms with Gasteiger partial charge in [0.1, 0.15) is 0 Å². The highest BCUT2D eigenvalue weighted by atomic mass is 32.2. The Morgan fingerprint density at radius 3 is 2.75 bits per heavy atom. The van der Waals surface area contributed by atoms with E-state index in [0.717, 1.165) is 37.9 Å². The van der Waals surface area contributed by atoms with Gasteiger partial charge in [-0.1, -0.05) is 19.4 Å². The molecule has 1 aliphatic rings. The lowest BCUT2D eigenvalue weighted by molar-refractivity contribution is -0.137. The molecule has 1 saturated carbocycles. The first-order chi connectivity index (χ1) is 9.43. The summed E-state index contributed by atoms with van der Waals surface area (Å²) in [5, 5.41) is 3.18. The fraction of sp³-hybridized carbons (Fsp3) is 0.571. The minimum Gasteiger partial charge on any atom is -0.313 e. The van der Waals surface area contributed by atoms with E-state index in [1.165, 1.54) is 12.1 Å². The Morgan fingerprint density at radius 1 is 1.35 bits per heavy atom. The number of benzene rings is 1. The molecule has 0 saturated heterocycles. The molecule has 2 nitrogen and oxygen atoms in total. The first-order valence-electron chi connectivity index (χ1n) is 6.74. The van der Waals surface area contributed by atoms with Gasteiger partial charge in [-0.2, -0.15) is 13.2 Å². The minimum absolute atomic E-state index is 0.0987. The highest BCUT2D eigenvalue weighted by Gasteiger charge is 2.34. The molecule has 0 aromatic heterocycles. The van der Waals surface area contributed by atoms with E-state index >= 15 is 0 Å². The van der Waals surface area contributed by atoms with E-state index in [-0.39, 0.29) is 16.2 Å². The lowest BCUT2D eigenvalue weighted by Gasteiger charge is -2.20. The SMILES string of the molecule is CCNC1CCCC1S(=O)c1cccc(C(F)(F)F)c1. The molecule has 3 unspecified atom stereocenters. The van der Waals surface area contributed by atoms with Gasteiger partial charge in [0.25, 0.3) is 0 Å². The number of halogens is 3. The summed E-state index contributed by atoms with van der Waals surface area (Å²) < 4.78 is 50.6. The molecular formula is C14H18F3NOS. The average Bonchev–Trinajstić information content (AvgIpc) is 2.86. The Balaban J connectivity index is 2.21. The van der Waals surface area contributed by atoms with Crippen LogP contribution in [0.25, 0.3) is 0 Å². The van der Waals surface area contributed by atoms with Crippen molar-refractivity contribution >= 4 is 10.8 Å². The largest absolute Gasteiger partial charge is 0.416 e. The molecule has 0 radical (unpaired) electrons. The van der Waals surface area contributed by atoms with Crippen molar-refractivity contribution < 1.29 is 17.4 Å². The fourth-order valence-electron chi connectivity index (χ4n) is 2.65. The maximum atomic E-state index is 12.7. The summed E-state index contributed by atoms with van der Waals surface area (Å²) >= 11 is 0. The van der Waals surface area contributed by atoms with Gasteiger partial charge in [0.15, 0.2) is 0 Å². The van der Waals surface area contributed by atoms with Gasteiger partial charge in [0.2, 0.25) is 0 Å². The third kappa shape index (κ3) is 3.41. The summed E-state index contributed by atoms with van der Waals surface area (Å²) in [6.07, 6.45) is -1.70. The van der Waals surface area contributed by atoms with Crippen LogP contribution in [-0.2, 0) is 17.0 Å². The molecule has 112 valence electrons. The van der Waals surface area contributed by atoms with E-state index in [1.54, 1.807) is 0 Å². The number of rotatable bonds is 4. The van der Waals surface area contributed by atoms with Gasteiger partial charge in [-0.3, -0.25) is 4.21 Å². The van der Waals surface area contributed by atoms with Gasteiger partial charge in [-0.15, -0.1) is 0 Å². The van der Waals surface area contributed by atoms with Crippen LogP contribution in [0.4, 0.5) is 13.2 Å². The second-order valence-electron chi connectivity index (χ2n) is 4.96. The predicted octanol–water partition coefficient (Wildman–Crippen LogP) is 3.34. The Labute approximate surface area is 119 Å². The van der Waals surface area contributed by atoms with Crippen LogP contribution in [0.15, 0.2) is 29.2 Å². The van der Waals surface area contributed by atoms with Crippen molar-refractivity contribution in [3.63, 3.8) is 0 Å². The van der Waals surface area contributed by atoms with Gasteiger partial charge >= 0.3 is 6.18 Å². The van der Waals surface area contributed by atoms with E-state index in [0.29, 0.717) is 0 Å². The second kappa shape index (κ2) is 6.26. The molecule has 0 heterocycles. The first kappa shape index (κ1) is 15.5. The third-order valence-electron chi connectivity index (χ3n) is 3.59. The highest BCUT2D eigenvalue weighted by molar-refractivity contribution is 7.85. The number of nitrogens with one attached hydrogen (secondary N) is 1. The minimum atomic E-state index is -4.39. The zero-order valence-electron chi connectivity index (χ0n) is 11.2. The van der Waals surface area contributed by atoms with Gasteiger partial charge in [0, 0.05) is 10.9 Å². The third-order valence-corrected chi connectivity index (χ3v) is 5.42. The van der Waals surface area contributed by atoms with Crippen LogP contribution in [0.5, 0.6) is 0 Å². The lowest BCUT2D eigenvalue weighted by Crippen LogP contribution is -2.38. The van der Waals surface area contributed by atoms with Crippen LogP contribution >= 0.6 is 0 Å². The Kier molecular flexibility index (Phi) is 4.86. The van der Waals surface area contributed by atoms with Crippen LogP contribution in [0, 0.1) is 0 Å². The van der Waals surface area contributed by atoms with Crippen LogP contribution < -0.4 is 5.32 Å². The van der Waals surface area contributed by atoms with Gasteiger partial charge in [0.05, 0.1) is 21.6 Å². The topological polar surface area (TPSA) is 29.1 Å². The average molecular weight is 305 g/mol. The van der Waals surface area contributed by atoms with Crippen LogP contribution in [0.3, 0.4) is 0 Å². The van der Waals surface area contributed by atoms with Crippen molar-refractivity contribution in [1.82, 2.24) is 5.32 Å². The van der Waals surface area contributed by atoms with Gasteiger partial charge in [-0.05, 0) is 37.6 Å². The van der Waals surface area contributed by atoms with Crippen molar-refractivity contribution in [2.24, 2.45) is 0 Å². The first-order valence-corrected chi connectivity index (χ1v) is 7.96. The second-order valence-corrected chi connectivity index (χ2v) is 6.63. The van der Waals surface area contributed by atoms with E-state index in [1.807, 2.05) is 6.92 Å². The lowest BCUT2D eigenvalue weighted by atomic mass is 10.2. The van der Waals surface area contributed by atoms with E-state index in [4.69, 9.17) is 0 Å². The predicted molar refractivity (Wildman–Crippen MR) is 73.0 cm³/mol. The monoisotopic (exact) mass is 305 g/mol. The van der Waals surface area contributed by atoms with Gasteiger partial charge in [-0.25, -0.2) is 0 Å². The van der Waals surface area contributed by atoms with Crippen LogP contribution in [0.1, 0.15) is 31.7 Å². The maximum absolute atomic E-state index is 12.7. The maximum Gasteiger partial charge on any atom is 0.416 e. The molecule has 0 bridgehead atoms. The molecule has 1 aromatic rings. The summed E-state index contributed by atoms with van der Waals surface area (Å²) in [6, 6.07) is 5.00. The summed E-state index contributed by atoms with van der Waals surface area (Å²) in [5.74, 6) is 0. The summed E-state index contributed by atoms with van der Waals surface area (Å²) in [5.41, 5.74) is -0.735. The number of hydrogen-bond donors (Lipinski definition) is 1. The molecule has 3 atom stereocenters. The number of hydrogen-bond acceptors (Lipinski definition) is 2. The standard InChI is InChI=1S/C14H18F3NOS/c1-2-18-12-7-4-8-13(12)20(19)11-6-3-5-10(9-11)14(15,16)17/h3,5-6,9,12-13,18H,2,4,7-8H2,1H3. The van der Waals surface area contributed by atoms with Crippen molar-refractivity contribution in [3.05, 3.63) is 29.8 Å². The molecule has 20 heavy (non-hydrogen) atoms. The number of alkyl halides is 3. The molecule has 2 rings (SSSR count). The molecule has 0 amide bonds. The van der Waals surface area contributed by atoms with Crippen molar-refractivity contribution in [3.8, 4) is 0 Å². The molecule has 1 fully saturated rings. The van der Waals surface area contributed by atoms with Crippen molar-refractivity contribution in [1.29, 1.82) is 0 Å². The molecule has 1 aliphatic carbocycles. The van der Waals surface area contributed by atoms with E-state index in [2.05, 4.69) is 5.32 Å². The molecule has 6 heteroatoms. The fourth-order valence-corrected chi connectivity index (χ4v) is 4.37. The normalized spacial score (nSPS) is 24.8. The van der Waals surface area contributed by atoms with Gasteiger partial charge < -0.3 is 5.32 Å². The molecular weight excluding hydrogens is 287 g/mol. The molecule has 1 N–H and O–H groups in total. The molecule has 1 aromatic carbocycles. The summed E-state index contributed by atoms with van der Waals surface area (Å²) in [6.45, 7) is 2.75. The zero-order valence-corrected chi connectivity index (χ0v) is 12.1. The quantitative estimate of drug-likeness (QED) is 0.924. The van der Waals surface area contributed by atoms with Crippen molar-refractivity contribution in [2.75, 3.05) is 6.54 Å². The van der Waals surface area contributed by atoms with E-state index in [9.17, 15) is 17.4 Å². The summed E-state index contributed by atoms with van der Waals surface area (Å²) in [7, 11) is -1.40. The highest BCUT2D eigenvalue weighted by Crippen LogP contribution is 2.32. The smallest absolute Gasteiger partial charge is 0.313 e.